The fraction of sp³-hybridized carbons (Fsp3) is 0.250. The van der Waals surface area contributed by atoms with Crippen molar-refractivity contribution >= 4 is 41.0 Å². The molecular formula is C12H11Cl2N3O3. The second-order valence-electron chi connectivity index (χ2n) is 4.54. The zero-order chi connectivity index (χ0) is 15.1. The van der Waals surface area contributed by atoms with Crippen molar-refractivity contribution in [1.82, 2.24) is 10.2 Å². The zero-order valence-corrected chi connectivity index (χ0v) is 12.0. The molecule has 1 aliphatic rings. The van der Waals surface area contributed by atoms with E-state index in [0.29, 0.717) is 10.6 Å². The smallest absolute Gasteiger partial charge is 0.325 e. The Balaban J connectivity index is 2.40. The molecule has 1 aliphatic heterocycles. The summed E-state index contributed by atoms with van der Waals surface area (Å²) in [6.07, 6.45) is 0. The number of rotatable bonds is 3. The Morgan fingerprint density at radius 1 is 1.35 bits per heavy atom. The highest BCUT2D eigenvalue weighted by molar-refractivity contribution is 6.42. The molecule has 4 amide bonds. The van der Waals surface area contributed by atoms with Crippen LogP contribution in [0.15, 0.2) is 18.2 Å². The predicted molar refractivity (Wildman–Crippen MR) is 73.3 cm³/mol. The van der Waals surface area contributed by atoms with Gasteiger partial charge in [0, 0.05) is 0 Å². The van der Waals surface area contributed by atoms with Crippen LogP contribution < -0.4 is 11.1 Å². The monoisotopic (exact) mass is 315 g/mol. The second kappa shape index (κ2) is 4.96. The Morgan fingerprint density at radius 2 is 2.00 bits per heavy atom. The molecule has 1 heterocycles. The van der Waals surface area contributed by atoms with Gasteiger partial charge in [-0.3, -0.25) is 14.5 Å². The number of primary amides is 1. The van der Waals surface area contributed by atoms with Gasteiger partial charge in [-0.1, -0.05) is 29.3 Å². The van der Waals surface area contributed by atoms with Crippen molar-refractivity contribution in [2.24, 2.45) is 5.73 Å². The molecule has 0 saturated carbocycles. The molecule has 0 spiro atoms. The molecule has 3 N–H and O–H groups in total. The second-order valence-corrected chi connectivity index (χ2v) is 5.36. The SMILES string of the molecule is CC1(c2ccc(Cl)c(Cl)c2)NC(=O)N(CC(N)=O)C1=O. The van der Waals surface area contributed by atoms with Crippen LogP contribution in [0, 0.1) is 0 Å². The Kier molecular flexibility index (Phi) is 3.62. The van der Waals surface area contributed by atoms with Gasteiger partial charge in [-0.25, -0.2) is 4.79 Å². The number of nitrogens with zero attached hydrogens (tertiary/aromatic N) is 1. The number of hydrogen-bond donors (Lipinski definition) is 2. The topological polar surface area (TPSA) is 92.5 Å². The van der Waals surface area contributed by atoms with Gasteiger partial charge in [-0.2, -0.15) is 0 Å². The van der Waals surface area contributed by atoms with Crippen molar-refractivity contribution in [3.05, 3.63) is 33.8 Å². The number of amides is 4. The first-order valence-corrected chi connectivity index (χ1v) is 6.39. The number of nitrogens with two attached hydrogens (primary N) is 1. The van der Waals surface area contributed by atoms with Crippen molar-refractivity contribution in [1.29, 1.82) is 0 Å². The zero-order valence-electron chi connectivity index (χ0n) is 10.4. The largest absolute Gasteiger partial charge is 0.368 e. The lowest BCUT2D eigenvalue weighted by molar-refractivity contribution is -0.134. The molecule has 0 aromatic heterocycles. The van der Waals surface area contributed by atoms with Crippen LogP contribution in [0.25, 0.3) is 0 Å². The number of imide groups is 1. The molecule has 106 valence electrons. The lowest BCUT2D eigenvalue weighted by atomic mass is 9.92. The van der Waals surface area contributed by atoms with E-state index >= 15 is 0 Å². The number of benzene rings is 1. The molecule has 20 heavy (non-hydrogen) atoms. The molecular weight excluding hydrogens is 305 g/mol. The molecule has 8 heteroatoms. The van der Waals surface area contributed by atoms with Crippen molar-refractivity contribution in [2.45, 2.75) is 12.5 Å². The van der Waals surface area contributed by atoms with Crippen molar-refractivity contribution in [2.75, 3.05) is 6.54 Å². The van der Waals surface area contributed by atoms with E-state index < -0.39 is 29.9 Å². The summed E-state index contributed by atoms with van der Waals surface area (Å²) in [4.78, 5) is 35.8. The van der Waals surface area contributed by atoms with Crippen LogP contribution in [0.5, 0.6) is 0 Å². The highest BCUT2D eigenvalue weighted by Crippen LogP contribution is 2.32. The molecule has 2 rings (SSSR count). The van der Waals surface area contributed by atoms with E-state index in [-0.39, 0.29) is 5.02 Å². The van der Waals surface area contributed by atoms with Gasteiger partial charge in [0.1, 0.15) is 12.1 Å². The standard InChI is InChI=1S/C12H11Cl2N3O3/c1-12(6-2-3-7(13)8(14)4-6)10(19)17(5-9(15)18)11(20)16-12/h2-4H,5H2,1H3,(H2,15,18)(H,16,20). The third-order valence-corrected chi connectivity index (χ3v) is 3.82. The quantitative estimate of drug-likeness (QED) is 0.822. The van der Waals surface area contributed by atoms with Gasteiger partial charge in [0.2, 0.25) is 5.91 Å². The van der Waals surface area contributed by atoms with Gasteiger partial charge < -0.3 is 11.1 Å². The van der Waals surface area contributed by atoms with Crippen LogP contribution in [0.3, 0.4) is 0 Å². The number of urea groups is 1. The first-order chi connectivity index (χ1) is 9.25. The summed E-state index contributed by atoms with van der Waals surface area (Å²) in [6.45, 7) is 1.05. The van der Waals surface area contributed by atoms with Crippen LogP contribution in [-0.4, -0.2) is 29.3 Å². The van der Waals surface area contributed by atoms with Gasteiger partial charge in [0.15, 0.2) is 0 Å². The van der Waals surface area contributed by atoms with Gasteiger partial charge in [0.05, 0.1) is 10.0 Å². The summed E-state index contributed by atoms with van der Waals surface area (Å²) in [5.74, 6) is -1.34. The van der Waals surface area contributed by atoms with Crippen LogP contribution in [-0.2, 0) is 15.1 Å². The normalized spacial score (nSPS) is 22.1. The lowest BCUT2D eigenvalue weighted by Gasteiger charge is -2.22. The van der Waals surface area contributed by atoms with Gasteiger partial charge >= 0.3 is 6.03 Å². The van der Waals surface area contributed by atoms with Crippen LogP contribution in [0.4, 0.5) is 4.79 Å². The number of carbonyl (C=O) groups excluding carboxylic acids is 3. The number of halogens is 2. The molecule has 0 bridgehead atoms. The minimum absolute atomic E-state index is 0.265. The molecule has 1 saturated heterocycles. The summed E-state index contributed by atoms with van der Waals surface area (Å²) in [6, 6.07) is 3.93. The third-order valence-electron chi connectivity index (χ3n) is 3.09. The summed E-state index contributed by atoms with van der Waals surface area (Å²) in [7, 11) is 0. The average molecular weight is 316 g/mol. The van der Waals surface area contributed by atoms with Gasteiger partial charge in [-0.15, -0.1) is 0 Å². The van der Waals surface area contributed by atoms with E-state index in [4.69, 9.17) is 28.9 Å². The van der Waals surface area contributed by atoms with E-state index in [9.17, 15) is 14.4 Å². The maximum Gasteiger partial charge on any atom is 0.325 e. The summed E-state index contributed by atoms with van der Waals surface area (Å²) in [5.41, 5.74) is 4.18. The fourth-order valence-electron chi connectivity index (χ4n) is 2.00. The summed E-state index contributed by atoms with van der Waals surface area (Å²) >= 11 is 11.7. The lowest BCUT2D eigenvalue weighted by Crippen LogP contribution is -2.42. The minimum atomic E-state index is -1.30. The van der Waals surface area contributed by atoms with E-state index in [0.717, 1.165) is 4.90 Å². The Hall–Kier alpha value is -1.79. The maximum absolute atomic E-state index is 12.3. The van der Waals surface area contributed by atoms with Gasteiger partial charge in [-0.05, 0) is 24.6 Å². The highest BCUT2D eigenvalue weighted by atomic mass is 35.5. The summed E-state index contributed by atoms with van der Waals surface area (Å²) in [5, 5.41) is 3.13. The Morgan fingerprint density at radius 3 is 2.55 bits per heavy atom. The van der Waals surface area contributed by atoms with Crippen molar-refractivity contribution in [3.8, 4) is 0 Å². The van der Waals surface area contributed by atoms with Crippen molar-refractivity contribution in [3.63, 3.8) is 0 Å². The fourth-order valence-corrected chi connectivity index (χ4v) is 2.30. The van der Waals surface area contributed by atoms with Crippen LogP contribution in [0.1, 0.15) is 12.5 Å². The molecule has 0 aliphatic carbocycles. The minimum Gasteiger partial charge on any atom is -0.368 e. The number of hydrogen-bond acceptors (Lipinski definition) is 3. The van der Waals surface area contributed by atoms with Crippen LogP contribution >= 0.6 is 23.2 Å². The summed E-state index contributed by atoms with van der Waals surface area (Å²) < 4.78 is 0. The first kappa shape index (κ1) is 14.6. The van der Waals surface area contributed by atoms with E-state index in [1.54, 1.807) is 6.07 Å². The highest BCUT2D eigenvalue weighted by Gasteiger charge is 2.49. The molecule has 1 fully saturated rings. The van der Waals surface area contributed by atoms with E-state index in [1.807, 2.05) is 0 Å². The molecule has 0 radical (unpaired) electrons. The third kappa shape index (κ3) is 2.32. The van der Waals surface area contributed by atoms with Crippen molar-refractivity contribution < 1.29 is 14.4 Å². The Labute approximate surface area is 124 Å². The average Bonchev–Trinajstić information content (AvgIpc) is 2.57. The molecule has 1 aromatic rings. The number of nitrogens with one attached hydrogen (secondary N) is 1. The molecule has 6 nitrogen and oxygen atoms in total. The first-order valence-electron chi connectivity index (χ1n) is 5.63. The molecule has 1 aromatic carbocycles. The van der Waals surface area contributed by atoms with E-state index in [1.165, 1.54) is 19.1 Å². The van der Waals surface area contributed by atoms with E-state index in [2.05, 4.69) is 5.32 Å². The van der Waals surface area contributed by atoms with Gasteiger partial charge in [0.25, 0.3) is 5.91 Å². The Bertz CT molecular complexity index is 620. The van der Waals surface area contributed by atoms with Crippen LogP contribution in [0.2, 0.25) is 10.0 Å². The molecule has 1 unspecified atom stereocenters. The molecule has 1 atom stereocenters. The predicted octanol–water partition coefficient (Wildman–Crippen LogP) is 1.25. The number of carbonyl (C=O) groups is 3. The maximum atomic E-state index is 12.3.